The van der Waals surface area contributed by atoms with E-state index in [0.717, 1.165) is 5.75 Å². The van der Waals surface area contributed by atoms with Crippen molar-refractivity contribution in [3.05, 3.63) is 42.5 Å². The Hall–Kier alpha value is -2.46. The number of methoxy groups -OCH3 is 1. The third-order valence-electron chi connectivity index (χ3n) is 4.70. The lowest BCUT2D eigenvalue weighted by molar-refractivity contribution is -0.150. The Morgan fingerprint density at radius 1 is 1.06 bits per heavy atom. The lowest BCUT2D eigenvalue weighted by Crippen LogP contribution is -2.55. The van der Waals surface area contributed by atoms with E-state index in [1.165, 1.54) is 20.1 Å². The maximum absolute atomic E-state index is 12.5. The Labute approximate surface area is 195 Å². The summed E-state index contributed by atoms with van der Waals surface area (Å²) in [5, 5.41) is 35.8. The summed E-state index contributed by atoms with van der Waals surface area (Å²) in [4.78, 5) is 24.7. The van der Waals surface area contributed by atoms with Crippen LogP contribution in [0.4, 0.5) is 0 Å². The molecule has 0 fully saturated rings. The molecule has 1 aromatic rings. The number of hydrogen-bond acceptors (Lipinski definition) is 7. The SMILES string of the molecule is CO[C@@H](C(=O)N[C@@H](C)C(=O)NCCCOc1ccccc1)[C@H](O)[C@@H](O)[C@H](O)/C=C/C(C)(C)C. The van der Waals surface area contributed by atoms with E-state index >= 15 is 0 Å². The van der Waals surface area contributed by atoms with E-state index in [2.05, 4.69) is 10.6 Å². The molecule has 1 aromatic carbocycles. The number of para-hydroxylation sites is 1. The molecule has 0 aliphatic heterocycles. The zero-order valence-corrected chi connectivity index (χ0v) is 20.0. The highest BCUT2D eigenvalue weighted by Crippen LogP contribution is 2.17. The van der Waals surface area contributed by atoms with Crippen LogP contribution in [0.3, 0.4) is 0 Å². The van der Waals surface area contributed by atoms with Crippen molar-refractivity contribution in [1.29, 1.82) is 0 Å². The van der Waals surface area contributed by atoms with Crippen LogP contribution in [-0.4, -0.2) is 77.9 Å². The second kappa shape index (κ2) is 13.9. The lowest BCUT2D eigenvalue weighted by atomic mass is 9.94. The van der Waals surface area contributed by atoms with Gasteiger partial charge in [-0.15, -0.1) is 0 Å². The Morgan fingerprint density at radius 2 is 1.70 bits per heavy atom. The standard InChI is InChI=1S/C24H38N2O7/c1-16(22(30)25-14-9-15-33-17-10-7-6-8-11-17)26-23(31)21(32-5)20(29)19(28)18(27)12-13-24(2,3)4/h6-8,10-13,16,18-21,27-29H,9,14-15H2,1-5H3,(H,25,30)(H,26,31)/b13-12+/t16-,18+,19-,20+,21+/m0/s1. The maximum Gasteiger partial charge on any atom is 0.252 e. The molecule has 2 amide bonds. The molecular formula is C24H38N2O7. The largest absolute Gasteiger partial charge is 0.494 e. The Kier molecular flexibility index (Phi) is 12.1. The summed E-state index contributed by atoms with van der Waals surface area (Å²) in [6, 6.07) is 8.41. The normalized spacial score (nSPS) is 16.5. The summed E-state index contributed by atoms with van der Waals surface area (Å²) in [7, 11) is 1.19. The summed E-state index contributed by atoms with van der Waals surface area (Å²) < 4.78 is 10.6. The van der Waals surface area contributed by atoms with E-state index in [4.69, 9.17) is 9.47 Å². The van der Waals surface area contributed by atoms with Gasteiger partial charge >= 0.3 is 0 Å². The predicted octanol–water partition coefficient (Wildman–Crippen LogP) is 0.776. The number of nitrogens with one attached hydrogen (secondary N) is 2. The minimum Gasteiger partial charge on any atom is -0.494 e. The molecule has 0 unspecified atom stereocenters. The quantitative estimate of drug-likeness (QED) is 0.214. The van der Waals surface area contributed by atoms with E-state index in [-0.39, 0.29) is 5.41 Å². The first-order chi connectivity index (χ1) is 15.5. The van der Waals surface area contributed by atoms with Crippen LogP contribution in [0, 0.1) is 5.41 Å². The third-order valence-corrected chi connectivity index (χ3v) is 4.70. The average molecular weight is 467 g/mol. The van der Waals surface area contributed by atoms with Gasteiger partial charge in [0.2, 0.25) is 5.91 Å². The molecule has 1 rings (SSSR count). The highest BCUT2D eigenvalue weighted by molar-refractivity contribution is 5.89. The van der Waals surface area contributed by atoms with Crippen molar-refractivity contribution in [3.63, 3.8) is 0 Å². The first kappa shape index (κ1) is 28.6. The van der Waals surface area contributed by atoms with Crippen LogP contribution < -0.4 is 15.4 Å². The molecule has 9 heteroatoms. The number of aliphatic hydroxyl groups excluding tert-OH is 3. The van der Waals surface area contributed by atoms with Crippen molar-refractivity contribution in [3.8, 4) is 5.75 Å². The molecule has 0 heterocycles. The third kappa shape index (κ3) is 10.8. The summed E-state index contributed by atoms with van der Waals surface area (Å²) in [6.45, 7) is 8.00. The Morgan fingerprint density at radius 3 is 2.27 bits per heavy atom. The van der Waals surface area contributed by atoms with Gasteiger partial charge in [-0.2, -0.15) is 0 Å². The van der Waals surface area contributed by atoms with E-state index in [1.807, 2.05) is 51.1 Å². The van der Waals surface area contributed by atoms with Crippen LogP contribution in [0.1, 0.15) is 34.1 Å². The number of benzene rings is 1. The minimum atomic E-state index is -1.71. The zero-order chi connectivity index (χ0) is 25.0. The highest BCUT2D eigenvalue weighted by atomic mass is 16.5. The summed E-state index contributed by atoms with van der Waals surface area (Å²) in [5.74, 6) is -0.456. The van der Waals surface area contributed by atoms with Gasteiger partial charge in [0.25, 0.3) is 5.91 Å². The second-order valence-corrected chi connectivity index (χ2v) is 8.89. The molecule has 0 aromatic heterocycles. The van der Waals surface area contributed by atoms with Crippen molar-refractivity contribution >= 4 is 11.8 Å². The summed E-state index contributed by atoms with van der Waals surface area (Å²) >= 11 is 0. The van der Waals surface area contributed by atoms with Gasteiger partial charge in [-0.1, -0.05) is 51.1 Å². The maximum atomic E-state index is 12.5. The van der Waals surface area contributed by atoms with Gasteiger partial charge in [0.1, 0.15) is 30.1 Å². The number of carbonyl (C=O) groups excluding carboxylic acids is 2. The molecule has 9 nitrogen and oxygen atoms in total. The summed E-state index contributed by atoms with van der Waals surface area (Å²) in [5.41, 5.74) is -0.236. The number of hydrogen-bond donors (Lipinski definition) is 5. The number of allylic oxidation sites excluding steroid dienone is 1. The van der Waals surface area contributed by atoms with Crippen molar-refractivity contribution in [1.82, 2.24) is 10.6 Å². The molecule has 186 valence electrons. The molecule has 33 heavy (non-hydrogen) atoms. The van der Waals surface area contributed by atoms with Gasteiger partial charge < -0.3 is 35.4 Å². The molecule has 5 N–H and O–H groups in total. The number of ether oxygens (including phenoxy) is 2. The molecule has 0 saturated carbocycles. The van der Waals surface area contributed by atoms with Crippen molar-refractivity contribution in [2.24, 2.45) is 5.41 Å². The second-order valence-electron chi connectivity index (χ2n) is 8.89. The fraction of sp³-hybridized carbons (Fsp3) is 0.583. The number of aliphatic hydroxyl groups is 3. The predicted molar refractivity (Wildman–Crippen MR) is 125 cm³/mol. The van der Waals surface area contributed by atoms with Gasteiger partial charge in [-0.05, 0) is 30.9 Å². The molecule has 0 aliphatic carbocycles. The number of amides is 2. The van der Waals surface area contributed by atoms with E-state index in [1.54, 1.807) is 6.08 Å². The van der Waals surface area contributed by atoms with Gasteiger partial charge in [-0.3, -0.25) is 9.59 Å². The number of rotatable bonds is 13. The topological polar surface area (TPSA) is 137 Å². The van der Waals surface area contributed by atoms with Gasteiger partial charge in [0.05, 0.1) is 6.61 Å². The Balaban J connectivity index is 2.48. The van der Waals surface area contributed by atoms with Crippen LogP contribution in [0.25, 0.3) is 0 Å². The fourth-order valence-corrected chi connectivity index (χ4v) is 2.79. The first-order valence-electron chi connectivity index (χ1n) is 11.0. The fourth-order valence-electron chi connectivity index (χ4n) is 2.79. The minimum absolute atomic E-state index is 0.236. The van der Waals surface area contributed by atoms with Crippen molar-refractivity contribution in [2.45, 2.75) is 64.6 Å². The zero-order valence-electron chi connectivity index (χ0n) is 20.0. The molecule has 0 bridgehead atoms. The first-order valence-corrected chi connectivity index (χ1v) is 11.0. The monoisotopic (exact) mass is 466 g/mol. The van der Waals surface area contributed by atoms with Crippen LogP contribution in [-0.2, 0) is 14.3 Å². The van der Waals surface area contributed by atoms with Crippen LogP contribution in [0.5, 0.6) is 5.75 Å². The van der Waals surface area contributed by atoms with E-state index in [0.29, 0.717) is 19.6 Å². The lowest BCUT2D eigenvalue weighted by Gasteiger charge is -2.28. The van der Waals surface area contributed by atoms with Crippen LogP contribution in [0.2, 0.25) is 0 Å². The van der Waals surface area contributed by atoms with Gasteiger partial charge in [-0.25, -0.2) is 0 Å². The summed E-state index contributed by atoms with van der Waals surface area (Å²) in [6.07, 6.45) is -2.63. The molecule has 0 radical (unpaired) electrons. The average Bonchev–Trinajstić information content (AvgIpc) is 2.77. The van der Waals surface area contributed by atoms with Gasteiger partial charge in [0.15, 0.2) is 6.10 Å². The Bertz CT molecular complexity index is 749. The van der Waals surface area contributed by atoms with Crippen molar-refractivity contribution in [2.75, 3.05) is 20.3 Å². The van der Waals surface area contributed by atoms with Crippen LogP contribution >= 0.6 is 0 Å². The van der Waals surface area contributed by atoms with Crippen LogP contribution in [0.15, 0.2) is 42.5 Å². The smallest absolute Gasteiger partial charge is 0.252 e. The molecule has 0 aliphatic rings. The number of carbonyl (C=O) groups is 2. The van der Waals surface area contributed by atoms with E-state index < -0.39 is 42.3 Å². The highest BCUT2D eigenvalue weighted by Gasteiger charge is 2.36. The molecule has 0 saturated heterocycles. The van der Waals surface area contributed by atoms with E-state index in [9.17, 15) is 24.9 Å². The van der Waals surface area contributed by atoms with Crippen molar-refractivity contribution < 1.29 is 34.4 Å². The molecule has 0 spiro atoms. The molecule has 5 atom stereocenters. The van der Waals surface area contributed by atoms with Gasteiger partial charge in [0, 0.05) is 13.7 Å². The molecular weight excluding hydrogens is 428 g/mol.